The van der Waals surface area contributed by atoms with Crippen molar-refractivity contribution in [3.05, 3.63) is 53.1 Å². The van der Waals surface area contributed by atoms with Crippen LogP contribution in [0.2, 0.25) is 5.02 Å². The molecule has 1 aromatic heterocycles. The Hall–Kier alpha value is -3.10. The predicted molar refractivity (Wildman–Crippen MR) is 119 cm³/mol. The SMILES string of the molecule is COc1ccc(Nc2nc(Nc3ccc(C)cc3)nc(N3CCOCC3)n2)cc1Cl. The van der Waals surface area contributed by atoms with Crippen LogP contribution in [0.25, 0.3) is 0 Å². The fourth-order valence-electron chi connectivity index (χ4n) is 3.02. The maximum Gasteiger partial charge on any atom is 0.233 e. The maximum atomic E-state index is 6.25. The first-order chi connectivity index (χ1) is 14.6. The molecule has 1 fully saturated rings. The molecule has 3 aromatic rings. The van der Waals surface area contributed by atoms with Crippen LogP contribution in [0.5, 0.6) is 5.75 Å². The fourth-order valence-corrected chi connectivity index (χ4v) is 3.28. The van der Waals surface area contributed by atoms with E-state index in [0.717, 1.165) is 24.5 Å². The average Bonchev–Trinajstić information content (AvgIpc) is 2.76. The van der Waals surface area contributed by atoms with Gasteiger partial charge in [-0.3, -0.25) is 0 Å². The van der Waals surface area contributed by atoms with Gasteiger partial charge in [0.2, 0.25) is 17.8 Å². The molecular formula is C21H23ClN6O2. The van der Waals surface area contributed by atoms with E-state index in [4.69, 9.17) is 21.1 Å². The Labute approximate surface area is 180 Å². The third-order valence-corrected chi connectivity index (χ3v) is 4.93. The first-order valence-electron chi connectivity index (χ1n) is 9.64. The molecule has 0 amide bonds. The lowest BCUT2D eigenvalue weighted by molar-refractivity contribution is 0.122. The van der Waals surface area contributed by atoms with Crippen LogP contribution in [0, 0.1) is 6.92 Å². The molecule has 1 aliphatic heterocycles. The highest BCUT2D eigenvalue weighted by atomic mass is 35.5. The summed E-state index contributed by atoms with van der Waals surface area (Å²) in [4.78, 5) is 15.8. The molecule has 0 atom stereocenters. The summed E-state index contributed by atoms with van der Waals surface area (Å²) in [5.74, 6) is 2.07. The molecule has 0 radical (unpaired) electrons. The lowest BCUT2D eigenvalue weighted by Gasteiger charge is -2.27. The summed E-state index contributed by atoms with van der Waals surface area (Å²) in [6.45, 7) is 4.78. The van der Waals surface area contributed by atoms with Gasteiger partial charge in [0.15, 0.2) is 0 Å². The number of aromatic nitrogens is 3. The molecule has 2 heterocycles. The minimum atomic E-state index is 0.419. The minimum absolute atomic E-state index is 0.419. The second kappa shape index (κ2) is 9.15. The molecule has 2 aromatic carbocycles. The highest BCUT2D eigenvalue weighted by molar-refractivity contribution is 6.32. The van der Waals surface area contributed by atoms with Gasteiger partial charge in [-0.05, 0) is 37.3 Å². The molecule has 2 N–H and O–H groups in total. The first-order valence-corrected chi connectivity index (χ1v) is 10.0. The van der Waals surface area contributed by atoms with Crippen molar-refractivity contribution < 1.29 is 9.47 Å². The average molecular weight is 427 g/mol. The van der Waals surface area contributed by atoms with Crippen molar-refractivity contribution in [2.75, 3.05) is 48.9 Å². The zero-order chi connectivity index (χ0) is 20.9. The molecule has 0 aliphatic carbocycles. The van der Waals surface area contributed by atoms with Crippen molar-refractivity contribution >= 4 is 40.8 Å². The third kappa shape index (κ3) is 4.90. The zero-order valence-electron chi connectivity index (χ0n) is 16.9. The number of rotatable bonds is 6. The summed E-state index contributed by atoms with van der Waals surface area (Å²) < 4.78 is 10.7. The number of halogens is 1. The monoisotopic (exact) mass is 426 g/mol. The number of nitrogens with zero attached hydrogens (tertiary/aromatic N) is 4. The summed E-state index contributed by atoms with van der Waals surface area (Å²) in [6.07, 6.45) is 0. The number of nitrogens with one attached hydrogen (secondary N) is 2. The standard InChI is InChI=1S/C21H23ClN6O2/c1-14-3-5-15(6-4-14)23-19-25-20(24-16-7-8-18(29-2)17(22)13-16)27-21(26-19)28-9-11-30-12-10-28/h3-8,13H,9-12H2,1-2H3,(H2,23,24,25,26,27). The van der Waals surface area contributed by atoms with E-state index in [1.807, 2.05) is 37.3 Å². The Kier molecular flexibility index (Phi) is 6.15. The van der Waals surface area contributed by atoms with E-state index in [1.165, 1.54) is 5.56 Å². The topological polar surface area (TPSA) is 84.4 Å². The Morgan fingerprint density at radius 3 is 2.20 bits per heavy atom. The number of benzene rings is 2. The largest absolute Gasteiger partial charge is 0.495 e. The lowest BCUT2D eigenvalue weighted by atomic mass is 10.2. The Bertz CT molecular complexity index is 1010. The summed E-state index contributed by atoms with van der Waals surface area (Å²) in [7, 11) is 1.58. The van der Waals surface area contributed by atoms with E-state index in [2.05, 4.69) is 30.5 Å². The summed E-state index contributed by atoms with van der Waals surface area (Å²) in [5.41, 5.74) is 2.84. The molecule has 1 saturated heterocycles. The van der Waals surface area contributed by atoms with Gasteiger partial charge < -0.3 is 25.0 Å². The van der Waals surface area contributed by atoms with Gasteiger partial charge in [0, 0.05) is 24.5 Å². The third-order valence-electron chi connectivity index (χ3n) is 4.63. The summed E-state index contributed by atoms with van der Waals surface area (Å²) in [6, 6.07) is 13.5. The molecule has 1 aliphatic rings. The van der Waals surface area contributed by atoms with Gasteiger partial charge in [0.05, 0.1) is 25.3 Å². The molecule has 0 saturated carbocycles. The van der Waals surface area contributed by atoms with E-state index in [0.29, 0.717) is 41.8 Å². The smallest absolute Gasteiger partial charge is 0.233 e. The van der Waals surface area contributed by atoms with Gasteiger partial charge in [-0.2, -0.15) is 15.0 Å². The molecule has 9 heteroatoms. The van der Waals surface area contributed by atoms with E-state index < -0.39 is 0 Å². The van der Waals surface area contributed by atoms with Crippen molar-refractivity contribution in [2.24, 2.45) is 0 Å². The van der Waals surface area contributed by atoms with Crippen LogP contribution in [-0.2, 0) is 4.74 Å². The van der Waals surface area contributed by atoms with Gasteiger partial charge >= 0.3 is 0 Å². The maximum absolute atomic E-state index is 6.25. The van der Waals surface area contributed by atoms with Gasteiger partial charge in [-0.15, -0.1) is 0 Å². The number of methoxy groups -OCH3 is 1. The molecule has 156 valence electrons. The first kappa shape index (κ1) is 20.2. The van der Waals surface area contributed by atoms with Crippen molar-refractivity contribution in [1.82, 2.24) is 15.0 Å². The predicted octanol–water partition coefficient (Wildman–Crippen LogP) is 4.17. The molecule has 0 spiro atoms. The zero-order valence-corrected chi connectivity index (χ0v) is 17.6. The number of hydrogen-bond donors (Lipinski definition) is 2. The Morgan fingerprint density at radius 2 is 1.57 bits per heavy atom. The van der Waals surface area contributed by atoms with Crippen LogP contribution in [0.4, 0.5) is 29.2 Å². The van der Waals surface area contributed by atoms with E-state index in [1.54, 1.807) is 19.2 Å². The molecule has 0 bridgehead atoms. The number of hydrogen-bond acceptors (Lipinski definition) is 8. The van der Waals surface area contributed by atoms with Crippen LogP contribution >= 0.6 is 11.6 Å². The molecule has 30 heavy (non-hydrogen) atoms. The number of morpholine rings is 1. The van der Waals surface area contributed by atoms with Crippen molar-refractivity contribution in [3.8, 4) is 5.75 Å². The fraction of sp³-hybridized carbons (Fsp3) is 0.286. The van der Waals surface area contributed by atoms with Gasteiger partial charge in [-0.25, -0.2) is 0 Å². The number of ether oxygens (including phenoxy) is 2. The van der Waals surface area contributed by atoms with Gasteiger partial charge in [-0.1, -0.05) is 29.3 Å². The highest BCUT2D eigenvalue weighted by Crippen LogP contribution is 2.29. The van der Waals surface area contributed by atoms with Crippen molar-refractivity contribution in [3.63, 3.8) is 0 Å². The van der Waals surface area contributed by atoms with E-state index >= 15 is 0 Å². The molecule has 8 nitrogen and oxygen atoms in total. The lowest BCUT2D eigenvalue weighted by Crippen LogP contribution is -2.37. The van der Waals surface area contributed by atoms with Crippen molar-refractivity contribution in [2.45, 2.75) is 6.92 Å². The van der Waals surface area contributed by atoms with Crippen molar-refractivity contribution in [1.29, 1.82) is 0 Å². The van der Waals surface area contributed by atoms with Crippen LogP contribution in [-0.4, -0.2) is 48.4 Å². The Morgan fingerprint density at radius 1 is 0.933 bits per heavy atom. The van der Waals surface area contributed by atoms with Crippen LogP contribution in [0.1, 0.15) is 5.56 Å². The highest BCUT2D eigenvalue weighted by Gasteiger charge is 2.17. The molecule has 4 rings (SSSR count). The van der Waals surface area contributed by atoms with Gasteiger partial charge in [0.25, 0.3) is 0 Å². The second-order valence-corrected chi connectivity index (χ2v) is 7.25. The minimum Gasteiger partial charge on any atom is -0.495 e. The summed E-state index contributed by atoms with van der Waals surface area (Å²) in [5, 5.41) is 6.97. The summed E-state index contributed by atoms with van der Waals surface area (Å²) >= 11 is 6.25. The normalized spacial score (nSPS) is 13.8. The van der Waals surface area contributed by atoms with E-state index in [-0.39, 0.29) is 0 Å². The molecule has 0 unspecified atom stereocenters. The van der Waals surface area contributed by atoms with Gasteiger partial charge in [0.1, 0.15) is 5.75 Å². The van der Waals surface area contributed by atoms with Crippen LogP contribution in [0.3, 0.4) is 0 Å². The Balaban J connectivity index is 1.63. The number of aryl methyl sites for hydroxylation is 1. The molecular weight excluding hydrogens is 404 g/mol. The van der Waals surface area contributed by atoms with E-state index in [9.17, 15) is 0 Å². The quantitative estimate of drug-likeness (QED) is 0.607. The number of anilines is 5. The van der Waals surface area contributed by atoms with Crippen LogP contribution in [0.15, 0.2) is 42.5 Å². The second-order valence-electron chi connectivity index (χ2n) is 6.85. The van der Waals surface area contributed by atoms with Crippen LogP contribution < -0.4 is 20.3 Å².